The molecule has 6 heteroatoms. The van der Waals surface area contributed by atoms with E-state index in [1.807, 2.05) is 60.7 Å². The number of hydrogen-bond acceptors (Lipinski definition) is 6. The Kier molecular flexibility index (Phi) is 7.54. The molecule has 0 aromatic heterocycles. The zero-order chi connectivity index (χ0) is 24.9. The third-order valence-electron chi connectivity index (χ3n) is 6.61. The Morgan fingerprint density at radius 1 is 0.861 bits per heavy atom. The van der Waals surface area contributed by atoms with Crippen molar-refractivity contribution in [3.05, 3.63) is 72.8 Å². The van der Waals surface area contributed by atoms with Crippen LogP contribution in [0.4, 0.5) is 0 Å². The van der Waals surface area contributed by atoms with Gasteiger partial charge in [-0.1, -0.05) is 18.6 Å². The number of hydrogen-bond donors (Lipinski definition) is 2. The third kappa shape index (κ3) is 5.55. The summed E-state index contributed by atoms with van der Waals surface area (Å²) < 4.78 is 17.9. The van der Waals surface area contributed by atoms with E-state index in [2.05, 4.69) is 17.5 Å². The van der Waals surface area contributed by atoms with E-state index in [1.54, 1.807) is 19.2 Å². The van der Waals surface area contributed by atoms with Crippen LogP contribution >= 0.6 is 12.6 Å². The molecule has 5 nitrogen and oxygen atoms in total. The minimum atomic E-state index is 0.216. The van der Waals surface area contributed by atoms with Crippen molar-refractivity contribution in [1.82, 2.24) is 4.90 Å². The van der Waals surface area contributed by atoms with E-state index in [4.69, 9.17) is 14.2 Å². The first-order valence-corrected chi connectivity index (χ1v) is 12.8. The number of ether oxygens (including phenoxy) is 3. The highest BCUT2D eigenvalue weighted by Gasteiger charge is 2.15. The number of benzene rings is 4. The molecule has 0 amide bonds. The SMILES string of the molecule is COc1cc(-c2ccc3cc(O)ccc3c2Oc2ccc(OCCN3CCCCC3)cc2)ccc1S. The molecule has 0 saturated carbocycles. The lowest BCUT2D eigenvalue weighted by molar-refractivity contribution is 0.183. The van der Waals surface area contributed by atoms with Crippen LogP contribution in [0.3, 0.4) is 0 Å². The molecule has 1 N–H and O–H groups in total. The summed E-state index contributed by atoms with van der Waals surface area (Å²) in [5.74, 6) is 3.15. The fraction of sp³-hybridized carbons (Fsp3) is 0.267. The van der Waals surface area contributed by atoms with Crippen LogP contribution in [0.15, 0.2) is 77.7 Å². The smallest absolute Gasteiger partial charge is 0.143 e. The van der Waals surface area contributed by atoms with Gasteiger partial charge in [0.2, 0.25) is 0 Å². The van der Waals surface area contributed by atoms with Crippen LogP contribution in [0.2, 0.25) is 0 Å². The van der Waals surface area contributed by atoms with Crippen LogP contribution in [0.25, 0.3) is 21.9 Å². The zero-order valence-electron chi connectivity index (χ0n) is 20.4. The lowest BCUT2D eigenvalue weighted by Crippen LogP contribution is -2.33. The van der Waals surface area contributed by atoms with Gasteiger partial charge in [-0.2, -0.15) is 0 Å². The number of likely N-dealkylation sites (tertiary alicyclic amines) is 1. The standard InChI is InChI=1S/C30H31NO4S/c1-33-28-20-22(6-14-29(28)36)26-12-5-21-19-23(32)7-13-27(21)30(26)35-25-10-8-24(9-11-25)34-18-17-31-15-3-2-4-16-31/h5-14,19-20,32,36H,2-4,15-18H2,1H3. The number of fused-ring (bicyclic) bond motifs is 1. The van der Waals surface area contributed by atoms with Gasteiger partial charge in [0.1, 0.15) is 35.4 Å². The van der Waals surface area contributed by atoms with E-state index in [1.165, 1.54) is 32.4 Å². The number of nitrogens with zero attached hydrogens (tertiary/aromatic N) is 1. The van der Waals surface area contributed by atoms with E-state index in [-0.39, 0.29) is 5.75 Å². The average Bonchev–Trinajstić information content (AvgIpc) is 2.91. The Morgan fingerprint density at radius 2 is 1.64 bits per heavy atom. The summed E-state index contributed by atoms with van der Waals surface area (Å²) in [7, 11) is 1.63. The maximum Gasteiger partial charge on any atom is 0.143 e. The van der Waals surface area contributed by atoms with Crippen LogP contribution in [0.1, 0.15) is 19.3 Å². The minimum absolute atomic E-state index is 0.216. The van der Waals surface area contributed by atoms with Crippen LogP contribution in [-0.4, -0.2) is 43.4 Å². The van der Waals surface area contributed by atoms with E-state index in [0.29, 0.717) is 23.9 Å². The van der Waals surface area contributed by atoms with Gasteiger partial charge in [-0.05, 0) is 97.5 Å². The molecular formula is C30H31NO4S. The number of phenols is 1. The molecule has 0 unspecified atom stereocenters. The average molecular weight is 502 g/mol. The normalized spacial score (nSPS) is 14.1. The number of phenolic OH excluding ortho intramolecular Hbond substituents is 1. The van der Waals surface area contributed by atoms with Gasteiger partial charge in [0.05, 0.1) is 7.11 Å². The molecule has 1 saturated heterocycles. The molecule has 36 heavy (non-hydrogen) atoms. The van der Waals surface area contributed by atoms with Crippen molar-refractivity contribution in [3.63, 3.8) is 0 Å². The molecule has 0 radical (unpaired) electrons. The van der Waals surface area contributed by atoms with Crippen LogP contribution in [0.5, 0.6) is 28.7 Å². The van der Waals surface area contributed by atoms with Crippen molar-refractivity contribution >= 4 is 23.4 Å². The molecule has 0 bridgehead atoms. The van der Waals surface area contributed by atoms with Crippen molar-refractivity contribution in [3.8, 4) is 39.9 Å². The monoisotopic (exact) mass is 501 g/mol. The highest BCUT2D eigenvalue weighted by Crippen LogP contribution is 2.42. The van der Waals surface area contributed by atoms with Crippen LogP contribution in [0, 0.1) is 0 Å². The summed E-state index contributed by atoms with van der Waals surface area (Å²) in [5, 5.41) is 11.8. The van der Waals surface area contributed by atoms with E-state index < -0.39 is 0 Å². The molecule has 1 aliphatic rings. The van der Waals surface area contributed by atoms with Crippen molar-refractivity contribution in [2.24, 2.45) is 0 Å². The largest absolute Gasteiger partial charge is 0.508 e. The Hall–Kier alpha value is -3.35. The Morgan fingerprint density at radius 3 is 2.42 bits per heavy atom. The molecule has 4 aromatic carbocycles. The number of methoxy groups -OCH3 is 1. The molecule has 0 aliphatic carbocycles. The van der Waals surface area contributed by atoms with Crippen LogP contribution < -0.4 is 14.2 Å². The molecule has 186 valence electrons. The second-order valence-electron chi connectivity index (χ2n) is 9.06. The predicted molar refractivity (Wildman–Crippen MR) is 147 cm³/mol. The highest BCUT2D eigenvalue weighted by molar-refractivity contribution is 7.80. The second-order valence-corrected chi connectivity index (χ2v) is 9.54. The molecule has 5 rings (SSSR count). The van der Waals surface area contributed by atoms with Crippen molar-refractivity contribution in [2.75, 3.05) is 33.4 Å². The number of rotatable bonds is 8. The predicted octanol–water partition coefficient (Wildman–Crippen LogP) is 7.17. The van der Waals surface area contributed by atoms with Gasteiger partial charge < -0.3 is 19.3 Å². The van der Waals surface area contributed by atoms with E-state index >= 15 is 0 Å². The van der Waals surface area contributed by atoms with Gasteiger partial charge in [0.15, 0.2) is 0 Å². The summed E-state index contributed by atoms with van der Waals surface area (Å²) in [6.45, 7) is 3.98. The second kappa shape index (κ2) is 11.1. The Bertz CT molecular complexity index is 1330. The quantitative estimate of drug-likeness (QED) is 0.251. The lowest BCUT2D eigenvalue weighted by atomic mass is 9.99. The summed E-state index contributed by atoms with van der Waals surface area (Å²) >= 11 is 4.48. The van der Waals surface area contributed by atoms with Crippen LogP contribution in [-0.2, 0) is 0 Å². The first-order chi connectivity index (χ1) is 17.6. The molecule has 0 atom stereocenters. The Labute approximate surface area is 217 Å². The third-order valence-corrected chi connectivity index (χ3v) is 6.98. The van der Waals surface area contributed by atoms with Gasteiger partial charge in [-0.15, -0.1) is 12.6 Å². The summed E-state index contributed by atoms with van der Waals surface area (Å²) in [4.78, 5) is 3.24. The van der Waals surface area contributed by atoms with Gasteiger partial charge in [0.25, 0.3) is 0 Å². The van der Waals surface area contributed by atoms with Gasteiger partial charge in [-0.3, -0.25) is 4.90 Å². The maximum atomic E-state index is 10.00. The van der Waals surface area contributed by atoms with E-state index in [9.17, 15) is 5.11 Å². The van der Waals surface area contributed by atoms with Crippen molar-refractivity contribution < 1.29 is 19.3 Å². The molecule has 1 aliphatic heterocycles. The summed E-state index contributed by atoms with van der Waals surface area (Å²) in [6, 6.07) is 22.9. The Balaban J connectivity index is 1.39. The highest BCUT2D eigenvalue weighted by atomic mass is 32.1. The molecule has 1 heterocycles. The zero-order valence-corrected chi connectivity index (χ0v) is 21.3. The number of thiol groups is 1. The fourth-order valence-electron chi connectivity index (χ4n) is 4.67. The first-order valence-electron chi connectivity index (χ1n) is 12.4. The lowest BCUT2D eigenvalue weighted by Gasteiger charge is -2.26. The van der Waals surface area contributed by atoms with Gasteiger partial charge >= 0.3 is 0 Å². The molecule has 1 fully saturated rings. The van der Waals surface area contributed by atoms with Gasteiger partial charge in [-0.25, -0.2) is 0 Å². The number of aromatic hydroxyl groups is 1. The fourth-order valence-corrected chi connectivity index (χ4v) is 4.90. The molecule has 4 aromatic rings. The first kappa shape index (κ1) is 24.3. The van der Waals surface area contributed by atoms with Gasteiger partial charge in [0, 0.05) is 22.4 Å². The number of piperidine rings is 1. The maximum absolute atomic E-state index is 10.00. The van der Waals surface area contributed by atoms with Crippen molar-refractivity contribution in [1.29, 1.82) is 0 Å². The van der Waals surface area contributed by atoms with Crippen molar-refractivity contribution in [2.45, 2.75) is 24.2 Å². The molecular weight excluding hydrogens is 470 g/mol. The molecule has 0 spiro atoms. The topological polar surface area (TPSA) is 51.2 Å². The minimum Gasteiger partial charge on any atom is -0.508 e. The summed E-state index contributed by atoms with van der Waals surface area (Å²) in [5.41, 5.74) is 1.87. The van der Waals surface area contributed by atoms with E-state index in [0.717, 1.165) is 39.1 Å². The summed E-state index contributed by atoms with van der Waals surface area (Å²) in [6.07, 6.45) is 3.91.